The predicted octanol–water partition coefficient (Wildman–Crippen LogP) is 2.52. The Balaban J connectivity index is 2.13. The lowest BCUT2D eigenvalue weighted by atomic mass is 10.0. The first-order valence-electron chi connectivity index (χ1n) is 5.50. The summed E-state index contributed by atoms with van der Waals surface area (Å²) in [4.78, 5) is 4.35. The van der Waals surface area contributed by atoms with Gasteiger partial charge in [-0.1, -0.05) is 0 Å². The fourth-order valence-corrected chi connectivity index (χ4v) is 2.79. The highest BCUT2D eigenvalue weighted by Gasteiger charge is 2.13. The van der Waals surface area contributed by atoms with Crippen molar-refractivity contribution in [2.45, 2.75) is 32.9 Å². The van der Waals surface area contributed by atoms with E-state index in [-0.39, 0.29) is 6.04 Å². The molecule has 0 aromatic carbocycles. The molecule has 0 aliphatic rings. The first-order chi connectivity index (χ1) is 7.72. The highest BCUT2D eigenvalue weighted by Crippen LogP contribution is 2.22. The number of thiophene rings is 1. The lowest BCUT2D eigenvalue weighted by Crippen LogP contribution is -2.16. The third kappa shape index (κ3) is 2.18. The first kappa shape index (κ1) is 11.4. The van der Waals surface area contributed by atoms with E-state index in [1.54, 1.807) is 11.3 Å². The summed E-state index contributed by atoms with van der Waals surface area (Å²) in [6.07, 6.45) is 4.65. The minimum absolute atomic E-state index is 0.0546. The molecular weight excluding hydrogens is 218 g/mol. The summed E-state index contributed by atoms with van der Waals surface area (Å²) in [5, 5.41) is 4.28. The van der Waals surface area contributed by atoms with Crippen molar-refractivity contribution in [1.82, 2.24) is 9.55 Å². The van der Waals surface area contributed by atoms with Gasteiger partial charge in [-0.25, -0.2) is 4.98 Å². The van der Waals surface area contributed by atoms with Gasteiger partial charge in [-0.05, 0) is 35.7 Å². The summed E-state index contributed by atoms with van der Waals surface area (Å²) >= 11 is 1.71. The summed E-state index contributed by atoms with van der Waals surface area (Å²) < 4.78 is 2.14. The van der Waals surface area contributed by atoms with Crippen molar-refractivity contribution in [3.63, 3.8) is 0 Å². The molecule has 0 radical (unpaired) electrons. The van der Waals surface area contributed by atoms with Crippen molar-refractivity contribution >= 4 is 11.3 Å². The maximum atomic E-state index is 6.21. The smallest absolute Gasteiger partial charge is 0.110 e. The highest BCUT2D eigenvalue weighted by molar-refractivity contribution is 7.08. The van der Waals surface area contributed by atoms with Gasteiger partial charge < -0.3 is 10.3 Å². The van der Waals surface area contributed by atoms with Crippen LogP contribution in [-0.2, 0) is 13.0 Å². The number of nitrogens with two attached hydrogens (primary N) is 1. The van der Waals surface area contributed by atoms with E-state index < -0.39 is 0 Å². The molecule has 1 unspecified atom stereocenters. The Morgan fingerprint density at radius 2 is 2.31 bits per heavy atom. The fourth-order valence-electron chi connectivity index (χ4n) is 1.87. The molecule has 1 atom stereocenters. The van der Waals surface area contributed by atoms with Gasteiger partial charge in [0.2, 0.25) is 0 Å². The van der Waals surface area contributed by atoms with Crippen molar-refractivity contribution in [2.24, 2.45) is 5.73 Å². The molecule has 0 bridgehead atoms. The molecule has 0 saturated heterocycles. The van der Waals surface area contributed by atoms with Crippen LogP contribution in [0.1, 0.15) is 29.9 Å². The number of hydrogen-bond donors (Lipinski definition) is 1. The second-order valence-electron chi connectivity index (χ2n) is 3.95. The molecule has 4 heteroatoms. The van der Waals surface area contributed by atoms with Crippen LogP contribution in [0.25, 0.3) is 0 Å². The lowest BCUT2D eigenvalue weighted by molar-refractivity contribution is 0.627. The average Bonchev–Trinajstić information content (AvgIpc) is 2.86. The van der Waals surface area contributed by atoms with Crippen LogP contribution in [0.3, 0.4) is 0 Å². The lowest BCUT2D eigenvalue weighted by Gasteiger charge is -2.12. The largest absolute Gasteiger partial charge is 0.335 e. The van der Waals surface area contributed by atoms with Crippen LogP contribution in [0.15, 0.2) is 23.2 Å². The van der Waals surface area contributed by atoms with E-state index in [4.69, 9.17) is 5.73 Å². The van der Waals surface area contributed by atoms with Crippen LogP contribution in [-0.4, -0.2) is 9.55 Å². The SMILES string of the molecule is CCn1ccnc1CC(N)c1cscc1C. The number of hydrogen-bond acceptors (Lipinski definition) is 3. The number of aromatic nitrogens is 2. The van der Waals surface area contributed by atoms with Crippen LogP contribution in [0.2, 0.25) is 0 Å². The van der Waals surface area contributed by atoms with E-state index >= 15 is 0 Å². The normalized spacial score (nSPS) is 12.9. The molecular formula is C12H17N3S. The van der Waals surface area contributed by atoms with Gasteiger partial charge in [0.15, 0.2) is 0 Å². The number of nitrogens with zero attached hydrogens (tertiary/aromatic N) is 2. The molecule has 0 aliphatic carbocycles. The fraction of sp³-hybridized carbons (Fsp3) is 0.417. The topological polar surface area (TPSA) is 43.8 Å². The summed E-state index contributed by atoms with van der Waals surface area (Å²) in [7, 11) is 0. The molecule has 2 aromatic heterocycles. The number of imidazole rings is 1. The molecule has 16 heavy (non-hydrogen) atoms. The summed E-state index contributed by atoms with van der Waals surface area (Å²) in [6.45, 7) is 5.18. The highest BCUT2D eigenvalue weighted by atomic mass is 32.1. The van der Waals surface area contributed by atoms with Gasteiger partial charge in [0, 0.05) is 31.4 Å². The second-order valence-corrected chi connectivity index (χ2v) is 4.69. The maximum absolute atomic E-state index is 6.21. The minimum atomic E-state index is 0.0546. The van der Waals surface area contributed by atoms with Crippen LogP contribution >= 0.6 is 11.3 Å². The molecule has 0 amide bonds. The van der Waals surface area contributed by atoms with E-state index in [0.717, 1.165) is 18.8 Å². The molecule has 3 nitrogen and oxygen atoms in total. The van der Waals surface area contributed by atoms with E-state index in [0.29, 0.717) is 0 Å². The third-order valence-corrected chi connectivity index (χ3v) is 3.72. The monoisotopic (exact) mass is 235 g/mol. The molecule has 0 fully saturated rings. The average molecular weight is 235 g/mol. The van der Waals surface area contributed by atoms with E-state index in [1.807, 2.05) is 12.4 Å². The second kappa shape index (κ2) is 4.80. The van der Waals surface area contributed by atoms with Crippen LogP contribution in [0, 0.1) is 6.92 Å². The molecule has 0 saturated carbocycles. The van der Waals surface area contributed by atoms with E-state index in [2.05, 4.69) is 34.2 Å². The molecule has 0 spiro atoms. The molecule has 86 valence electrons. The Kier molecular flexibility index (Phi) is 3.41. The Bertz CT molecular complexity index is 458. The molecule has 2 heterocycles. The third-order valence-electron chi connectivity index (χ3n) is 2.84. The number of rotatable bonds is 4. The Labute approximate surface area is 99.9 Å². The van der Waals surface area contributed by atoms with Crippen LogP contribution < -0.4 is 5.73 Å². The van der Waals surface area contributed by atoms with Crippen LogP contribution in [0.5, 0.6) is 0 Å². The molecule has 2 aromatic rings. The van der Waals surface area contributed by atoms with Gasteiger partial charge in [-0.3, -0.25) is 0 Å². The van der Waals surface area contributed by atoms with Crippen molar-refractivity contribution in [2.75, 3.05) is 0 Å². The van der Waals surface area contributed by atoms with Gasteiger partial charge in [-0.2, -0.15) is 11.3 Å². The van der Waals surface area contributed by atoms with Crippen molar-refractivity contribution in [3.05, 3.63) is 40.1 Å². The zero-order valence-corrected chi connectivity index (χ0v) is 10.5. The van der Waals surface area contributed by atoms with Crippen molar-refractivity contribution < 1.29 is 0 Å². The van der Waals surface area contributed by atoms with Gasteiger partial charge in [0.1, 0.15) is 5.82 Å². The van der Waals surface area contributed by atoms with Gasteiger partial charge >= 0.3 is 0 Å². The van der Waals surface area contributed by atoms with E-state index in [1.165, 1.54) is 11.1 Å². The Morgan fingerprint density at radius 1 is 1.50 bits per heavy atom. The van der Waals surface area contributed by atoms with Crippen molar-refractivity contribution in [1.29, 1.82) is 0 Å². The zero-order chi connectivity index (χ0) is 11.5. The minimum Gasteiger partial charge on any atom is -0.335 e. The summed E-state index contributed by atoms with van der Waals surface area (Å²) in [6, 6.07) is 0.0546. The maximum Gasteiger partial charge on any atom is 0.110 e. The van der Waals surface area contributed by atoms with Gasteiger partial charge in [0.25, 0.3) is 0 Å². The molecule has 2 rings (SSSR count). The standard InChI is InChI=1S/C12H17N3S/c1-3-15-5-4-14-12(15)6-11(13)10-8-16-7-9(10)2/h4-5,7-8,11H,3,6,13H2,1-2H3. The Hall–Kier alpha value is -1.13. The van der Waals surface area contributed by atoms with Crippen LogP contribution in [0.4, 0.5) is 0 Å². The molecule has 2 N–H and O–H groups in total. The zero-order valence-electron chi connectivity index (χ0n) is 9.68. The number of aryl methyl sites for hydroxylation is 2. The predicted molar refractivity (Wildman–Crippen MR) is 67.6 cm³/mol. The molecule has 0 aliphatic heterocycles. The van der Waals surface area contributed by atoms with Gasteiger partial charge in [-0.15, -0.1) is 0 Å². The first-order valence-corrected chi connectivity index (χ1v) is 6.45. The summed E-state index contributed by atoms with van der Waals surface area (Å²) in [5.74, 6) is 1.07. The van der Waals surface area contributed by atoms with Gasteiger partial charge in [0.05, 0.1) is 0 Å². The quantitative estimate of drug-likeness (QED) is 0.885. The van der Waals surface area contributed by atoms with Crippen molar-refractivity contribution in [3.8, 4) is 0 Å². The summed E-state index contributed by atoms with van der Waals surface area (Å²) in [5.41, 5.74) is 8.74. The van der Waals surface area contributed by atoms with E-state index in [9.17, 15) is 0 Å². The Morgan fingerprint density at radius 3 is 2.94 bits per heavy atom.